The van der Waals surface area contributed by atoms with Gasteiger partial charge in [-0.3, -0.25) is 0 Å². The highest BCUT2D eigenvalue weighted by Crippen LogP contribution is 2.26. The lowest BCUT2D eigenvalue weighted by Gasteiger charge is -2.17. The molecule has 0 heteroatoms. The summed E-state index contributed by atoms with van der Waals surface area (Å²) in [5.41, 5.74) is 4.06. The van der Waals surface area contributed by atoms with Crippen molar-refractivity contribution < 1.29 is 0 Å². The predicted octanol–water partition coefficient (Wildman–Crippen LogP) is 3.77. The van der Waals surface area contributed by atoms with Gasteiger partial charge < -0.3 is 0 Å². The third-order valence-electron chi connectivity index (χ3n) is 2.66. The Bertz CT molecular complexity index is 373. The first-order valence-electron chi connectivity index (χ1n) is 5.06. The zero-order chi connectivity index (χ0) is 9.97. The number of hydrogen-bond donors (Lipinski definition) is 0. The summed E-state index contributed by atoms with van der Waals surface area (Å²) in [4.78, 5) is 0. The van der Waals surface area contributed by atoms with Crippen molar-refractivity contribution in [3.63, 3.8) is 0 Å². The maximum Gasteiger partial charge on any atom is 0.0130 e. The fourth-order valence-corrected chi connectivity index (χ4v) is 1.75. The van der Waals surface area contributed by atoms with Gasteiger partial charge in [0.25, 0.3) is 0 Å². The summed E-state index contributed by atoms with van der Waals surface area (Å²) < 4.78 is 0. The van der Waals surface area contributed by atoms with Gasteiger partial charge in [-0.2, -0.15) is 0 Å². The summed E-state index contributed by atoms with van der Waals surface area (Å²) in [6.45, 7) is 4.35. The summed E-state index contributed by atoms with van der Waals surface area (Å²) in [5.74, 6) is 0.530. The van der Waals surface area contributed by atoms with E-state index in [0.29, 0.717) is 5.92 Å². The van der Waals surface area contributed by atoms with E-state index in [4.69, 9.17) is 0 Å². The van der Waals surface area contributed by atoms with Gasteiger partial charge >= 0.3 is 0 Å². The normalized spacial score (nSPS) is 30.7. The predicted molar refractivity (Wildman–Crippen MR) is 61.7 cm³/mol. The van der Waals surface area contributed by atoms with Crippen LogP contribution in [0.15, 0.2) is 59.3 Å². The van der Waals surface area contributed by atoms with Crippen LogP contribution in [0, 0.1) is 12.3 Å². The van der Waals surface area contributed by atoms with Crippen LogP contribution in [0.4, 0.5) is 0 Å². The van der Waals surface area contributed by atoms with Gasteiger partial charge in [-0.1, -0.05) is 55.0 Å². The van der Waals surface area contributed by atoms with Gasteiger partial charge in [-0.05, 0) is 24.0 Å². The molecule has 0 fully saturated rings. The Kier molecular flexibility index (Phi) is 2.53. The molecule has 0 saturated carbocycles. The van der Waals surface area contributed by atoms with E-state index in [0.717, 1.165) is 0 Å². The molecule has 0 aromatic carbocycles. The lowest BCUT2D eigenvalue weighted by atomic mass is 9.88. The molecule has 1 unspecified atom stereocenters. The van der Waals surface area contributed by atoms with E-state index in [-0.39, 0.29) is 0 Å². The standard InChI is InChI=1S/C14H15/c1-11-7-9-13(10-8-11)14-6-4-3-5-12(14)2/h3-10,12H,1-2H3. The first-order chi connectivity index (χ1) is 6.77. The molecule has 2 aliphatic carbocycles. The topological polar surface area (TPSA) is 0 Å². The summed E-state index contributed by atoms with van der Waals surface area (Å²) in [6, 6.07) is 0. The SMILES string of the molecule is CC1=C[CH]/C(=C2/C=CC=CC2C)C=C1. The molecule has 0 heterocycles. The van der Waals surface area contributed by atoms with Crippen molar-refractivity contribution in [3.05, 3.63) is 65.7 Å². The van der Waals surface area contributed by atoms with Crippen LogP contribution in [0.25, 0.3) is 0 Å². The van der Waals surface area contributed by atoms with Gasteiger partial charge in [0, 0.05) is 6.42 Å². The molecule has 0 aromatic heterocycles. The quantitative estimate of drug-likeness (QED) is 0.536. The minimum absolute atomic E-state index is 0.530. The molecule has 0 aromatic rings. The summed E-state index contributed by atoms with van der Waals surface area (Å²) >= 11 is 0. The average molecular weight is 183 g/mol. The van der Waals surface area contributed by atoms with Crippen LogP contribution in [-0.4, -0.2) is 0 Å². The molecule has 0 spiro atoms. The molecule has 0 bridgehead atoms. The average Bonchev–Trinajstić information content (AvgIpc) is 2.20. The zero-order valence-electron chi connectivity index (χ0n) is 8.70. The van der Waals surface area contributed by atoms with Crippen LogP contribution < -0.4 is 0 Å². The second-order valence-electron chi connectivity index (χ2n) is 3.85. The molecule has 1 atom stereocenters. The molecule has 71 valence electrons. The fraction of sp³-hybridized carbons (Fsp3) is 0.214. The first-order valence-corrected chi connectivity index (χ1v) is 5.06. The van der Waals surface area contributed by atoms with Crippen molar-refractivity contribution >= 4 is 0 Å². The van der Waals surface area contributed by atoms with Crippen molar-refractivity contribution in [1.82, 2.24) is 0 Å². The van der Waals surface area contributed by atoms with Crippen molar-refractivity contribution in [2.45, 2.75) is 13.8 Å². The molecule has 0 nitrogen and oxygen atoms in total. The highest BCUT2D eigenvalue weighted by molar-refractivity contribution is 5.50. The van der Waals surface area contributed by atoms with Crippen molar-refractivity contribution in [3.8, 4) is 0 Å². The van der Waals surface area contributed by atoms with Gasteiger partial charge in [0.2, 0.25) is 0 Å². The van der Waals surface area contributed by atoms with Crippen LogP contribution in [0.3, 0.4) is 0 Å². The molecule has 1 radical (unpaired) electrons. The molecule has 14 heavy (non-hydrogen) atoms. The summed E-state index contributed by atoms with van der Waals surface area (Å²) in [6.07, 6.45) is 17.4. The monoisotopic (exact) mass is 183 g/mol. The summed E-state index contributed by atoms with van der Waals surface area (Å²) in [5, 5.41) is 0. The van der Waals surface area contributed by atoms with Crippen molar-refractivity contribution in [1.29, 1.82) is 0 Å². The molecule has 0 saturated heterocycles. The smallest absolute Gasteiger partial charge is 0.0130 e. The summed E-state index contributed by atoms with van der Waals surface area (Å²) in [7, 11) is 0. The Morgan fingerprint density at radius 3 is 2.57 bits per heavy atom. The van der Waals surface area contributed by atoms with E-state index in [1.54, 1.807) is 0 Å². The Balaban J connectivity index is 2.30. The lowest BCUT2D eigenvalue weighted by molar-refractivity contribution is 0.874. The minimum Gasteiger partial charge on any atom is -0.0773 e. The number of rotatable bonds is 0. The van der Waals surface area contributed by atoms with E-state index in [9.17, 15) is 0 Å². The van der Waals surface area contributed by atoms with E-state index in [1.165, 1.54) is 16.7 Å². The molecular weight excluding hydrogens is 168 g/mol. The van der Waals surface area contributed by atoms with Crippen molar-refractivity contribution in [2.75, 3.05) is 0 Å². The van der Waals surface area contributed by atoms with E-state index >= 15 is 0 Å². The van der Waals surface area contributed by atoms with Crippen molar-refractivity contribution in [2.24, 2.45) is 5.92 Å². The van der Waals surface area contributed by atoms with Gasteiger partial charge in [-0.25, -0.2) is 0 Å². The highest BCUT2D eigenvalue weighted by Gasteiger charge is 2.10. The third kappa shape index (κ3) is 1.79. The maximum atomic E-state index is 2.23. The van der Waals surface area contributed by atoms with Gasteiger partial charge in [-0.15, -0.1) is 0 Å². The first kappa shape index (κ1) is 9.26. The highest BCUT2D eigenvalue weighted by atomic mass is 14.1. The fourth-order valence-electron chi connectivity index (χ4n) is 1.75. The van der Waals surface area contributed by atoms with E-state index in [1.807, 2.05) is 0 Å². The van der Waals surface area contributed by atoms with Crippen LogP contribution in [0.2, 0.25) is 0 Å². The number of hydrogen-bond acceptors (Lipinski definition) is 0. The Morgan fingerprint density at radius 1 is 1.07 bits per heavy atom. The molecule has 2 rings (SSSR count). The number of allylic oxidation sites excluding steroid dienone is 10. The van der Waals surface area contributed by atoms with Crippen LogP contribution in [-0.2, 0) is 0 Å². The largest absolute Gasteiger partial charge is 0.0773 e. The van der Waals surface area contributed by atoms with Crippen LogP contribution >= 0.6 is 0 Å². The zero-order valence-corrected chi connectivity index (χ0v) is 8.70. The van der Waals surface area contributed by atoms with Gasteiger partial charge in [0.15, 0.2) is 0 Å². The van der Waals surface area contributed by atoms with E-state index < -0.39 is 0 Å². The molecule has 2 aliphatic rings. The molecule has 0 aliphatic heterocycles. The second-order valence-corrected chi connectivity index (χ2v) is 3.85. The molecule has 0 amide bonds. The Labute approximate surface area is 86.0 Å². The van der Waals surface area contributed by atoms with Gasteiger partial charge in [0.05, 0.1) is 0 Å². The molecular formula is C14H15. The minimum atomic E-state index is 0.530. The molecule has 0 N–H and O–H groups in total. The second kappa shape index (κ2) is 3.83. The lowest BCUT2D eigenvalue weighted by Crippen LogP contribution is -2.01. The van der Waals surface area contributed by atoms with Gasteiger partial charge in [0.1, 0.15) is 0 Å². The maximum absolute atomic E-state index is 2.23. The van der Waals surface area contributed by atoms with E-state index in [2.05, 4.69) is 62.8 Å². The Morgan fingerprint density at radius 2 is 1.93 bits per heavy atom. The Hall–Kier alpha value is -1.30. The third-order valence-corrected chi connectivity index (χ3v) is 2.66. The van der Waals surface area contributed by atoms with Crippen LogP contribution in [0.1, 0.15) is 13.8 Å². The van der Waals surface area contributed by atoms with Crippen LogP contribution in [0.5, 0.6) is 0 Å².